The number of morpholine rings is 1. The zero-order valence-corrected chi connectivity index (χ0v) is 10.7. The van der Waals surface area contributed by atoms with Crippen LogP contribution in [0.15, 0.2) is 0 Å². The van der Waals surface area contributed by atoms with Crippen molar-refractivity contribution in [3.63, 3.8) is 0 Å². The van der Waals surface area contributed by atoms with E-state index in [2.05, 4.69) is 4.98 Å². The molecule has 0 atom stereocenters. The van der Waals surface area contributed by atoms with Crippen molar-refractivity contribution in [2.24, 2.45) is 5.84 Å². The predicted octanol–water partition coefficient (Wildman–Crippen LogP) is 0.129. The number of rotatable bonds is 2. The lowest BCUT2D eigenvalue weighted by Crippen LogP contribution is -2.42. The largest absolute Gasteiger partial charge is 0.443 e. The maximum atomic E-state index is 12.7. The van der Waals surface area contributed by atoms with Crippen molar-refractivity contribution >= 4 is 28.2 Å². The third kappa shape index (κ3) is 2.73. The number of hydrogen-bond donors (Lipinski definition) is 2. The van der Waals surface area contributed by atoms with Gasteiger partial charge in [-0.25, -0.2) is 10.8 Å². The number of hydrazine groups is 1. The molecule has 2 rings (SSSR count). The molecule has 2 amide bonds. The number of nitrogens with two attached hydrogens (primary N) is 1. The van der Waals surface area contributed by atoms with E-state index in [0.29, 0.717) is 0 Å². The van der Waals surface area contributed by atoms with Crippen LogP contribution in [0.3, 0.4) is 0 Å². The van der Waals surface area contributed by atoms with Crippen molar-refractivity contribution in [1.82, 2.24) is 10.4 Å². The summed E-state index contributed by atoms with van der Waals surface area (Å²) in [7, 11) is 0. The van der Waals surface area contributed by atoms with Crippen molar-refractivity contribution in [2.45, 2.75) is 6.18 Å². The van der Waals surface area contributed by atoms with Crippen LogP contribution >= 0.6 is 11.3 Å². The molecule has 20 heavy (non-hydrogen) atoms. The molecular formula is C9H9F3N4O3S. The molecule has 1 aromatic heterocycles. The molecule has 7 nitrogen and oxygen atoms in total. The molecule has 0 saturated carbocycles. The number of thiazole rings is 1. The molecule has 0 aromatic carbocycles. The van der Waals surface area contributed by atoms with Crippen LogP contribution in [0.2, 0.25) is 0 Å². The maximum absolute atomic E-state index is 12.7. The minimum Gasteiger partial charge on any atom is -0.370 e. The molecule has 1 saturated heterocycles. The molecular weight excluding hydrogens is 301 g/mol. The zero-order chi connectivity index (χ0) is 14.9. The summed E-state index contributed by atoms with van der Waals surface area (Å²) in [5.41, 5.74) is 1.18. The third-order valence-corrected chi connectivity index (χ3v) is 3.55. The molecule has 1 aliphatic rings. The Morgan fingerprint density at radius 1 is 1.50 bits per heavy atom. The number of ether oxygens (including phenoxy) is 1. The van der Waals surface area contributed by atoms with Crippen molar-refractivity contribution < 1.29 is 27.5 Å². The molecule has 0 bridgehead atoms. The summed E-state index contributed by atoms with van der Waals surface area (Å²) in [6.45, 7) is -0.0548. The second kappa shape index (κ2) is 5.34. The number of nitrogens with zero attached hydrogens (tertiary/aromatic N) is 2. The van der Waals surface area contributed by atoms with Gasteiger partial charge >= 0.3 is 6.18 Å². The van der Waals surface area contributed by atoms with E-state index in [0.717, 1.165) is 4.90 Å². The first kappa shape index (κ1) is 14.7. The van der Waals surface area contributed by atoms with Crippen LogP contribution in [0.1, 0.15) is 15.5 Å². The Labute approximate surface area is 114 Å². The number of alkyl halides is 3. The first-order chi connectivity index (χ1) is 9.34. The molecule has 110 valence electrons. The minimum atomic E-state index is -4.71. The lowest BCUT2D eigenvalue weighted by atomic mass is 10.3. The average Bonchev–Trinajstić information content (AvgIpc) is 2.83. The quantitative estimate of drug-likeness (QED) is 0.460. The summed E-state index contributed by atoms with van der Waals surface area (Å²) in [6, 6.07) is 0. The van der Waals surface area contributed by atoms with Gasteiger partial charge in [0.25, 0.3) is 11.8 Å². The Kier molecular flexibility index (Phi) is 3.92. The number of halogens is 3. The van der Waals surface area contributed by atoms with Crippen molar-refractivity contribution in [1.29, 1.82) is 0 Å². The highest BCUT2D eigenvalue weighted by Gasteiger charge is 2.39. The van der Waals surface area contributed by atoms with Gasteiger partial charge in [-0.15, -0.1) is 0 Å². The van der Waals surface area contributed by atoms with Crippen LogP contribution in [0.25, 0.3) is 0 Å². The van der Waals surface area contributed by atoms with Gasteiger partial charge < -0.3 is 4.74 Å². The summed E-state index contributed by atoms with van der Waals surface area (Å²) in [5, 5.41) is -1.40. The van der Waals surface area contributed by atoms with Crippen LogP contribution in [0.5, 0.6) is 0 Å². The Hall–Kier alpha value is -1.72. The van der Waals surface area contributed by atoms with Gasteiger partial charge in [-0.2, -0.15) is 13.2 Å². The van der Waals surface area contributed by atoms with Crippen LogP contribution in [0, 0.1) is 0 Å². The van der Waals surface area contributed by atoms with E-state index >= 15 is 0 Å². The number of nitrogens with one attached hydrogen (secondary N) is 1. The summed E-state index contributed by atoms with van der Waals surface area (Å²) in [6.07, 6.45) is -4.71. The van der Waals surface area contributed by atoms with Crippen molar-refractivity contribution in [2.75, 3.05) is 24.7 Å². The highest BCUT2D eigenvalue weighted by Crippen LogP contribution is 2.38. The number of nitrogen functional groups attached to an aromatic ring is 1. The van der Waals surface area contributed by atoms with Crippen LogP contribution in [-0.2, 0) is 15.7 Å². The van der Waals surface area contributed by atoms with E-state index < -0.39 is 28.7 Å². The molecule has 1 fully saturated rings. The van der Waals surface area contributed by atoms with Gasteiger partial charge in [0.15, 0.2) is 5.69 Å². The van der Waals surface area contributed by atoms with Gasteiger partial charge in [0, 0.05) is 0 Å². The van der Waals surface area contributed by atoms with E-state index in [1.807, 2.05) is 0 Å². The molecule has 0 aliphatic carbocycles. The number of carbonyl (C=O) groups is 2. The fraction of sp³-hybridized carbons (Fsp3) is 0.444. The molecule has 2 heterocycles. The molecule has 0 radical (unpaired) electrons. The monoisotopic (exact) mass is 310 g/mol. The highest BCUT2D eigenvalue weighted by atomic mass is 32.1. The Morgan fingerprint density at radius 2 is 2.20 bits per heavy atom. The second-order valence-corrected chi connectivity index (χ2v) is 4.72. The SMILES string of the molecule is NNC(=O)c1nc(C(F)(F)F)sc1N1CCOCC1=O. The molecule has 1 aliphatic heterocycles. The van der Waals surface area contributed by atoms with Gasteiger partial charge in [0.2, 0.25) is 5.01 Å². The lowest BCUT2D eigenvalue weighted by molar-refractivity contribution is -0.137. The molecule has 3 N–H and O–H groups in total. The second-order valence-electron chi connectivity index (χ2n) is 3.74. The Balaban J connectivity index is 2.46. The first-order valence-corrected chi connectivity index (χ1v) is 6.13. The van der Waals surface area contributed by atoms with E-state index in [-0.39, 0.29) is 36.1 Å². The molecule has 0 spiro atoms. The van der Waals surface area contributed by atoms with Gasteiger partial charge in [-0.1, -0.05) is 11.3 Å². The smallest absolute Gasteiger partial charge is 0.370 e. The zero-order valence-electron chi connectivity index (χ0n) is 9.86. The summed E-state index contributed by atoms with van der Waals surface area (Å²) < 4.78 is 42.9. The van der Waals surface area contributed by atoms with Crippen molar-refractivity contribution in [3.8, 4) is 0 Å². The number of carbonyl (C=O) groups excluding carboxylic acids is 2. The summed E-state index contributed by atoms with van der Waals surface area (Å²) in [5.74, 6) is 3.37. The predicted molar refractivity (Wildman–Crippen MR) is 61.9 cm³/mol. The van der Waals surface area contributed by atoms with Gasteiger partial charge in [0.1, 0.15) is 11.6 Å². The maximum Gasteiger partial charge on any atom is 0.443 e. The topological polar surface area (TPSA) is 97.5 Å². The van der Waals surface area contributed by atoms with E-state index in [4.69, 9.17) is 10.6 Å². The summed E-state index contributed by atoms with van der Waals surface area (Å²) in [4.78, 5) is 27.4. The van der Waals surface area contributed by atoms with Gasteiger partial charge in [-0.05, 0) is 0 Å². The van der Waals surface area contributed by atoms with E-state index in [1.54, 1.807) is 5.43 Å². The van der Waals surface area contributed by atoms with Crippen LogP contribution in [0.4, 0.5) is 18.2 Å². The minimum absolute atomic E-state index is 0.0448. The Morgan fingerprint density at radius 3 is 2.75 bits per heavy atom. The fourth-order valence-electron chi connectivity index (χ4n) is 1.57. The number of hydrogen-bond acceptors (Lipinski definition) is 6. The fourth-order valence-corrected chi connectivity index (χ4v) is 2.54. The average molecular weight is 310 g/mol. The third-order valence-electron chi connectivity index (χ3n) is 2.43. The number of anilines is 1. The van der Waals surface area contributed by atoms with E-state index in [9.17, 15) is 22.8 Å². The first-order valence-electron chi connectivity index (χ1n) is 5.31. The molecule has 0 unspecified atom stereocenters. The van der Waals surface area contributed by atoms with Gasteiger partial charge in [0.05, 0.1) is 13.2 Å². The van der Waals surface area contributed by atoms with Crippen LogP contribution < -0.4 is 16.2 Å². The Bertz CT molecular complexity index is 545. The molecule has 1 aromatic rings. The number of amides is 2. The normalized spacial score (nSPS) is 16.4. The highest BCUT2D eigenvalue weighted by molar-refractivity contribution is 7.16. The lowest BCUT2D eigenvalue weighted by Gasteiger charge is -2.25. The van der Waals surface area contributed by atoms with Crippen LogP contribution in [-0.4, -0.2) is 36.6 Å². The molecule has 11 heteroatoms. The van der Waals surface area contributed by atoms with E-state index in [1.165, 1.54) is 0 Å². The standard InChI is InChI=1S/C9H9F3N4O3S/c10-9(11,12)8-14-5(6(18)15-13)7(20-8)16-1-2-19-3-4(16)17/h1-3,13H2,(H,15,18). The number of aromatic nitrogens is 1. The van der Waals surface area contributed by atoms with Crippen molar-refractivity contribution in [3.05, 3.63) is 10.7 Å². The summed E-state index contributed by atoms with van der Waals surface area (Å²) >= 11 is 0.217. The van der Waals surface area contributed by atoms with Gasteiger partial charge in [-0.3, -0.25) is 19.9 Å².